The van der Waals surface area contributed by atoms with Crippen LogP contribution >= 0.6 is 0 Å². The van der Waals surface area contributed by atoms with Crippen molar-refractivity contribution in [3.8, 4) is 5.88 Å². The Morgan fingerprint density at radius 2 is 2.29 bits per heavy atom. The largest absolute Gasteiger partial charge is 0.472 e. The third-order valence-electron chi connectivity index (χ3n) is 3.70. The highest BCUT2D eigenvalue weighted by Crippen LogP contribution is 2.19. The first kappa shape index (κ1) is 15.8. The van der Waals surface area contributed by atoms with Crippen LogP contribution < -0.4 is 10.5 Å². The standard InChI is InChI=1S/C16H25N3O2/c1-11(2)16(20)19-6-4-5-14(10-19)21-15-8-13(9-17)7-12(3)18-15/h7-8,11,14H,4-6,9-10,17H2,1-3H3/t14-/m0/s1. The maximum absolute atomic E-state index is 12.1. The number of amides is 1. The minimum Gasteiger partial charge on any atom is -0.472 e. The molecule has 2 rings (SSSR count). The molecule has 0 aromatic carbocycles. The molecule has 5 nitrogen and oxygen atoms in total. The number of ether oxygens (including phenoxy) is 1. The molecule has 1 aliphatic heterocycles. The molecule has 5 heteroatoms. The van der Waals surface area contributed by atoms with Gasteiger partial charge in [0.25, 0.3) is 0 Å². The molecule has 1 atom stereocenters. The van der Waals surface area contributed by atoms with Crippen molar-refractivity contribution in [3.63, 3.8) is 0 Å². The molecule has 0 aliphatic carbocycles. The number of pyridine rings is 1. The van der Waals surface area contributed by atoms with Gasteiger partial charge in [0, 0.05) is 30.8 Å². The fourth-order valence-electron chi connectivity index (χ4n) is 2.66. The number of carbonyl (C=O) groups excluding carboxylic acids is 1. The molecular weight excluding hydrogens is 266 g/mol. The molecule has 0 saturated carbocycles. The second-order valence-electron chi connectivity index (χ2n) is 5.98. The van der Waals surface area contributed by atoms with Crippen molar-refractivity contribution < 1.29 is 9.53 Å². The van der Waals surface area contributed by atoms with Gasteiger partial charge in [-0.3, -0.25) is 4.79 Å². The van der Waals surface area contributed by atoms with Gasteiger partial charge in [-0.1, -0.05) is 13.8 Å². The zero-order valence-corrected chi connectivity index (χ0v) is 13.1. The minimum atomic E-state index is 0.0152. The van der Waals surface area contributed by atoms with Gasteiger partial charge in [0.1, 0.15) is 6.10 Å². The average molecular weight is 291 g/mol. The molecule has 0 bridgehead atoms. The first-order valence-corrected chi connectivity index (χ1v) is 7.62. The van der Waals surface area contributed by atoms with Crippen LogP contribution in [0.15, 0.2) is 12.1 Å². The highest BCUT2D eigenvalue weighted by atomic mass is 16.5. The van der Waals surface area contributed by atoms with Crippen LogP contribution in [0, 0.1) is 12.8 Å². The first-order chi connectivity index (χ1) is 9.99. The normalized spacial score (nSPS) is 18.9. The number of aryl methyl sites for hydroxylation is 1. The SMILES string of the molecule is Cc1cc(CN)cc(O[C@H]2CCCN(C(=O)C(C)C)C2)n1. The monoisotopic (exact) mass is 291 g/mol. The van der Waals surface area contributed by atoms with Crippen molar-refractivity contribution in [1.82, 2.24) is 9.88 Å². The summed E-state index contributed by atoms with van der Waals surface area (Å²) in [5, 5.41) is 0. The van der Waals surface area contributed by atoms with E-state index in [-0.39, 0.29) is 17.9 Å². The number of rotatable bonds is 4. The molecule has 1 amide bonds. The Morgan fingerprint density at radius 1 is 1.52 bits per heavy atom. The Kier molecular flexibility index (Phi) is 5.17. The quantitative estimate of drug-likeness (QED) is 0.919. The molecule has 1 aliphatic rings. The van der Waals surface area contributed by atoms with Gasteiger partial charge in [0.15, 0.2) is 0 Å². The average Bonchev–Trinajstić information content (AvgIpc) is 2.46. The highest BCUT2D eigenvalue weighted by Gasteiger charge is 2.26. The minimum absolute atomic E-state index is 0.0152. The van der Waals surface area contributed by atoms with Gasteiger partial charge in [-0.15, -0.1) is 0 Å². The van der Waals surface area contributed by atoms with E-state index in [2.05, 4.69) is 4.98 Å². The Morgan fingerprint density at radius 3 is 2.95 bits per heavy atom. The lowest BCUT2D eigenvalue weighted by atomic mass is 10.1. The van der Waals surface area contributed by atoms with E-state index in [4.69, 9.17) is 10.5 Å². The smallest absolute Gasteiger partial charge is 0.225 e. The van der Waals surface area contributed by atoms with Crippen molar-refractivity contribution in [2.75, 3.05) is 13.1 Å². The van der Waals surface area contributed by atoms with Crippen LogP contribution in [0.5, 0.6) is 5.88 Å². The van der Waals surface area contributed by atoms with Gasteiger partial charge in [0.2, 0.25) is 11.8 Å². The molecule has 21 heavy (non-hydrogen) atoms. The predicted molar refractivity (Wildman–Crippen MR) is 81.9 cm³/mol. The number of likely N-dealkylation sites (tertiary alicyclic amines) is 1. The lowest BCUT2D eigenvalue weighted by Gasteiger charge is -2.33. The topological polar surface area (TPSA) is 68.5 Å². The van der Waals surface area contributed by atoms with E-state index in [1.165, 1.54) is 0 Å². The number of nitrogens with zero attached hydrogens (tertiary/aromatic N) is 2. The lowest BCUT2D eigenvalue weighted by Crippen LogP contribution is -2.45. The van der Waals surface area contributed by atoms with Gasteiger partial charge < -0.3 is 15.4 Å². The van der Waals surface area contributed by atoms with Crippen molar-refractivity contribution in [1.29, 1.82) is 0 Å². The molecule has 116 valence electrons. The van der Waals surface area contributed by atoms with E-state index in [9.17, 15) is 4.79 Å². The van der Waals surface area contributed by atoms with Crippen LogP contribution in [0.25, 0.3) is 0 Å². The van der Waals surface area contributed by atoms with E-state index in [1.54, 1.807) is 0 Å². The number of piperidine rings is 1. The van der Waals surface area contributed by atoms with Crippen LogP contribution in [-0.2, 0) is 11.3 Å². The zero-order valence-electron chi connectivity index (χ0n) is 13.1. The van der Waals surface area contributed by atoms with Gasteiger partial charge in [-0.05, 0) is 31.4 Å². The Hall–Kier alpha value is -1.62. The van der Waals surface area contributed by atoms with E-state index in [0.29, 0.717) is 19.0 Å². The molecule has 0 unspecified atom stereocenters. The molecule has 1 saturated heterocycles. The van der Waals surface area contributed by atoms with Crippen LogP contribution in [0.2, 0.25) is 0 Å². The summed E-state index contributed by atoms with van der Waals surface area (Å²) in [7, 11) is 0. The number of carbonyl (C=O) groups is 1. The van der Waals surface area contributed by atoms with Gasteiger partial charge in [0.05, 0.1) is 6.54 Å². The van der Waals surface area contributed by atoms with Crippen LogP contribution in [0.4, 0.5) is 0 Å². The van der Waals surface area contributed by atoms with Gasteiger partial charge in [-0.2, -0.15) is 0 Å². The number of nitrogens with two attached hydrogens (primary N) is 1. The predicted octanol–water partition coefficient (Wildman–Crippen LogP) is 1.87. The van der Waals surface area contributed by atoms with Crippen molar-refractivity contribution in [2.45, 2.75) is 46.3 Å². The summed E-state index contributed by atoms with van der Waals surface area (Å²) >= 11 is 0. The first-order valence-electron chi connectivity index (χ1n) is 7.62. The molecule has 2 heterocycles. The Bertz CT molecular complexity index is 502. The molecule has 1 aromatic heterocycles. The van der Waals surface area contributed by atoms with E-state index in [1.807, 2.05) is 37.8 Å². The van der Waals surface area contributed by atoms with Gasteiger partial charge in [-0.25, -0.2) is 4.98 Å². The maximum atomic E-state index is 12.1. The third-order valence-corrected chi connectivity index (χ3v) is 3.70. The molecule has 1 aromatic rings. The summed E-state index contributed by atoms with van der Waals surface area (Å²) in [6, 6.07) is 3.85. The fourth-order valence-corrected chi connectivity index (χ4v) is 2.66. The molecule has 0 spiro atoms. The van der Waals surface area contributed by atoms with E-state index >= 15 is 0 Å². The summed E-state index contributed by atoms with van der Waals surface area (Å²) in [5.74, 6) is 0.840. The third kappa shape index (κ3) is 4.17. The summed E-state index contributed by atoms with van der Waals surface area (Å²) in [6.45, 7) is 7.74. The summed E-state index contributed by atoms with van der Waals surface area (Å²) in [5.41, 5.74) is 7.60. The lowest BCUT2D eigenvalue weighted by molar-refractivity contribution is -0.137. The molecule has 2 N–H and O–H groups in total. The number of aromatic nitrogens is 1. The summed E-state index contributed by atoms with van der Waals surface area (Å²) in [4.78, 5) is 18.4. The Balaban J connectivity index is 2.02. The summed E-state index contributed by atoms with van der Waals surface area (Å²) < 4.78 is 5.98. The van der Waals surface area contributed by atoms with Gasteiger partial charge >= 0.3 is 0 Å². The van der Waals surface area contributed by atoms with Crippen molar-refractivity contribution >= 4 is 5.91 Å². The van der Waals surface area contributed by atoms with Crippen molar-refractivity contribution in [2.24, 2.45) is 11.7 Å². The number of hydrogen-bond acceptors (Lipinski definition) is 4. The fraction of sp³-hybridized carbons (Fsp3) is 0.625. The second kappa shape index (κ2) is 6.89. The highest BCUT2D eigenvalue weighted by molar-refractivity contribution is 5.78. The number of hydrogen-bond donors (Lipinski definition) is 1. The zero-order chi connectivity index (χ0) is 15.4. The molecule has 1 fully saturated rings. The van der Waals surface area contributed by atoms with Crippen molar-refractivity contribution in [3.05, 3.63) is 23.4 Å². The van der Waals surface area contributed by atoms with Crippen LogP contribution in [0.3, 0.4) is 0 Å². The van der Waals surface area contributed by atoms with E-state index in [0.717, 1.165) is 30.6 Å². The molecule has 0 radical (unpaired) electrons. The van der Waals surface area contributed by atoms with Crippen LogP contribution in [-0.4, -0.2) is 35.0 Å². The second-order valence-corrected chi connectivity index (χ2v) is 5.98. The summed E-state index contributed by atoms with van der Waals surface area (Å²) in [6.07, 6.45) is 1.94. The molecular formula is C16H25N3O2. The maximum Gasteiger partial charge on any atom is 0.225 e. The van der Waals surface area contributed by atoms with E-state index < -0.39 is 0 Å². The Labute approximate surface area is 126 Å². The van der Waals surface area contributed by atoms with Crippen LogP contribution in [0.1, 0.15) is 37.9 Å².